The van der Waals surface area contributed by atoms with E-state index in [1.165, 1.54) is 18.9 Å². The number of hydrogen-bond acceptors (Lipinski definition) is 1. The Morgan fingerprint density at radius 3 is 2.44 bits per heavy atom. The minimum Gasteiger partial charge on any atom is -0.493 e. The van der Waals surface area contributed by atoms with Gasteiger partial charge in [0.2, 0.25) is 0 Å². The topological polar surface area (TPSA) is 9.23 Å². The minimum absolute atomic E-state index is 0. The van der Waals surface area contributed by atoms with Crippen molar-refractivity contribution >= 4 is 12.4 Å². The molecular formula is C12H15BF3KO. The van der Waals surface area contributed by atoms with Crippen LogP contribution in [0.3, 0.4) is 0 Å². The largest absolute Gasteiger partial charge is 1.00 e. The molecule has 0 N–H and O–H groups in total. The van der Waals surface area contributed by atoms with Crippen molar-refractivity contribution in [3.63, 3.8) is 0 Å². The maximum atomic E-state index is 12.5. The van der Waals surface area contributed by atoms with E-state index in [1.807, 2.05) is 0 Å². The molecule has 0 radical (unpaired) electrons. The van der Waals surface area contributed by atoms with E-state index in [1.54, 1.807) is 6.07 Å². The number of rotatable bonds is 4. The fourth-order valence-electron chi connectivity index (χ4n) is 2.20. The van der Waals surface area contributed by atoms with E-state index in [9.17, 15) is 12.9 Å². The molecule has 0 aromatic heterocycles. The molecule has 94 valence electrons. The Morgan fingerprint density at radius 2 is 1.83 bits per heavy atom. The van der Waals surface area contributed by atoms with Gasteiger partial charge in [-0.1, -0.05) is 25.0 Å². The Morgan fingerprint density at radius 1 is 1.17 bits per heavy atom. The van der Waals surface area contributed by atoms with Crippen LogP contribution in [0.4, 0.5) is 12.9 Å². The number of hydrogen-bond donors (Lipinski definition) is 0. The van der Waals surface area contributed by atoms with E-state index in [2.05, 4.69) is 0 Å². The first kappa shape index (κ1) is 16.6. The summed E-state index contributed by atoms with van der Waals surface area (Å²) in [7, 11) is 0. The van der Waals surface area contributed by atoms with E-state index >= 15 is 0 Å². The third kappa shape index (κ3) is 4.89. The summed E-state index contributed by atoms with van der Waals surface area (Å²) in [5.74, 6) is 0.837. The Bertz CT molecular complexity index is 378. The maximum Gasteiger partial charge on any atom is 1.00 e. The minimum atomic E-state index is -4.93. The molecule has 1 nitrogen and oxygen atoms in total. The summed E-state index contributed by atoms with van der Waals surface area (Å²) in [6.45, 7) is -4.40. The van der Waals surface area contributed by atoms with Crippen molar-refractivity contribution in [2.45, 2.75) is 25.7 Å². The van der Waals surface area contributed by atoms with E-state index in [0.717, 1.165) is 25.0 Å². The summed E-state index contributed by atoms with van der Waals surface area (Å²) in [6.07, 6.45) is 4.67. The number of halogens is 3. The molecular weight excluding hydrogens is 267 g/mol. The molecule has 1 aromatic rings. The molecule has 0 spiro atoms. The first-order chi connectivity index (χ1) is 8.05. The van der Waals surface area contributed by atoms with Crippen LogP contribution in [-0.2, 0) is 0 Å². The first-order valence-corrected chi connectivity index (χ1v) is 5.98. The van der Waals surface area contributed by atoms with Crippen LogP contribution in [0.2, 0.25) is 0 Å². The summed E-state index contributed by atoms with van der Waals surface area (Å²) in [5.41, 5.74) is -0.589. The van der Waals surface area contributed by atoms with Gasteiger partial charge in [-0.05, 0) is 30.9 Å². The van der Waals surface area contributed by atoms with Crippen molar-refractivity contribution in [1.82, 2.24) is 0 Å². The van der Waals surface area contributed by atoms with Crippen LogP contribution >= 0.6 is 0 Å². The van der Waals surface area contributed by atoms with Crippen LogP contribution in [0.1, 0.15) is 25.7 Å². The first-order valence-electron chi connectivity index (χ1n) is 5.98. The molecule has 6 heteroatoms. The summed E-state index contributed by atoms with van der Waals surface area (Å²) in [6, 6.07) is 5.16. The zero-order chi connectivity index (χ0) is 12.3. The molecule has 1 saturated carbocycles. The summed E-state index contributed by atoms with van der Waals surface area (Å²) in [5, 5.41) is 0. The van der Waals surface area contributed by atoms with Gasteiger partial charge in [0.25, 0.3) is 0 Å². The predicted octanol–water partition coefficient (Wildman–Crippen LogP) is 0.314. The van der Waals surface area contributed by atoms with Gasteiger partial charge in [0.15, 0.2) is 0 Å². The maximum absolute atomic E-state index is 12.5. The SMILES string of the molecule is F[B-](F)(F)c1cccc(OCC2CCCC2)c1.[K+]. The van der Waals surface area contributed by atoms with E-state index < -0.39 is 12.4 Å². The van der Waals surface area contributed by atoms with E-state index in [4.69, 9.17) is 4.74 Å². The van der Waals surface area contributed by atoms with Crippen LogP contribution in [0, 0.1) is 5.92 Å². The Labute approximate surface area is 148 Å². The molecule has 0 unspecified atom stereocenters. The van der Waals surface area contributed by atoms with E-state index in [0.29, 0.717) is 18.3 Å². The van der Waals surface area contributed by atoms with Crippen molar-refractivity contribution in [2.75, 3.05) is 6.61 Å². The fourth-order valence-corrected chi connectivity index (χ4v) is 2.20. The third-order valence-corrected chi connectivity index (χ3v) is 3.20. The number of ether oxygens (including phenoxy) is 1. The second kappa shape index (κ2) is 7.34. The standard InChI is InChI=1S/C12H15BF3O.K/c14-13(15,16)11-6-3-7-12(8-11)17-9-10-4-1-2-5-10;/h3,6-8,10H,1-2,4-5,9H2;/q-1;+1. The predicted molar refractivity (Wildman–Crippen MR) is 62.6 cm³/mol. The van der Waals surface area contributed by atoms with Gasteiger partial charge in [-0.25, -0.2) is 0 Å². The van der Waals surface area contributed by atoms with Gasteiger partial charge in [0, 0.05) is 0 Å². The molecule has 0 bridgehead atoms. The molecule has 0 amide bonds. The van der Waals surface area contributed by atoms with Gasteiger partial charge in [-0.3, -0.25) is 0 Å². The van der Waals surface area contributed by atoms with Crippen molar-refractivity contribution in [3.8, 4) is 5.75 Å². The monoisotopic (exact) mass is 282 g/mol. The zero-order valence-electron chi connectivity index (χ0n) is 10.5. The van der Waals surface area contributed by atoms with Gasteiger partial charge in [0.1, 0.15) is 5.75 Å². The zero-order valence-corrected chi connectivity index (χ0v) is 13.7. The summed E-state index contributed by atoms with van der Waals surface area (Å²) in [4.78, 5) is 0. The molecule has 0 atom stereocenters. The second-order valence-electron chi connectivity index (χ2n) is 4.61. The Kier molecular flexibility index (Phi) is 6.75. The third-order valence-electron chi connectivity index (χ3n) is 3.20. The summed E-state index contributed by atoms with van der Waals surface area (Å²) < 4.78 is 43.0. The Hall–Kier alpha value is 0.511. The molecule has 1 aliphatic carbocycles. The molecule has 2 rings (SSSR count). The molecule has 18 heavy (non-hydrogen) atoms. The van der Waals surface area contributed by atoms with Crippen molar-refractivity contribution in [3.05, 3.63) is 24.3 Å². The van der Waals surface area contributed by atoms with Gasteiger partial charge in [0.05, 0.1) is 6.61 Å². The van der Waals surface area contributed by atoms with Crippen LogP contribution in [0.5, 0.6) is 5.75 Å². The van der Waals surface area contributed by atoms with Gasteiger partial charge in [-0.15, -0.1) is 5.46 Å². The van der Waals surface area contributed by atoms with Crippen LogP contribution < -0.4 is 61.6 Å². The fraction of sp³-hybridized carbons (Fsp3) is 0.500. The quantitative estimate of drug-likeness (QED) is 0.723. The van der Waals surface area contributed by atoms with Crippen molar-refractivity contribution in [1.29, 1.82) is 0 Å². The molecule has 1 aromatic carbocycles. The smallest absolute Gasteiger partial charge is 0.493 e. The molecule has 0 aliphatic heterocycles. The van der Waals surface area contributed by atoms with Gasteiger partial charge >= 0.3 is 58.4 Å². The van der Waals surface area contributed by atoms with Gasteiger partial charge in [-0.2, -0.15) is 0 Å². The average molecular weight is 282 g/mol. The number of benzene rings is 1. The molecule has 1 aliphatic rings. The molecule has 0 heterocycles. The van der Waals surface area contributed by atoms with E-state index in [-0.39, 0.29) is 51.4 Å². The van der Waals surface area contributed by atoms with Crippen molar-refractivity contribution < 1.29 is 69.1 Å². The molecule has 0 saturated heterocycles. The normalized spacial score (nSPS) is 16.4. The van der Waals surface area contributed by atoms with Crippen LogP contribution in [0.25, 0.3) is 0 Å². The average Bonchev–Trinajstić information content (AvgIpc) is 2.78. The van der Waals surface area contributed by atoms with Crippen LogP contribution in [0.15, 0.2) is 24.3 Å². The Balaban J connectivity index is 0.00000162. The molecule has 1 fully saturated rings. The van der Waals surface area contributed by atoms with Crippen LogP contribution in [-0.4, -0.2) is 13.6 Å². The van der Waals surface area contributed by atoms with Crippen molar-refractivity contribution in [2.24, 2.45) is 5.92 Å². The van der Waals surface area contributed by atoms with Gasteiger partial charge < -0.3 is 17.7 Å². The second-order valence-corrected chi connectivity index (χ2v) is 4.61. The summed E-state index contributed by atoms with van der Waals surface area (Å²) >= 11 is 0.